The van der Waals surface area contributed by atoms with Gasteiger partial charge in [0.05, 0.1) is 31.3 Å². The van der Waals surface area contributed by atoms with Gasteiger partial charge in [0.1, 0.15) is 12.9 Å². The first-order valence-electron chi connectivity index (χ1n) is 12.3. The van der Waals surface area contributed by atoms with E-state index < -0.39 is 8.32 Å². The first-order valence-corrected chi connectivity index (χ1v) is 14.4. The Labute approximate surface area is 197 Å². The van der Waals surface area contributed by atoms with Crippen molar-refractivity contribution in [2.75, 3.05) is 20.5 Å². The topological polar surface area (TPSA) is 63.2 Å². The number of carbonyl (C=O) groups is 1. The normalized spacial score (nSPS) is 22.4. The molecule has 0 radical (unpaired) electrons. The van der Waals surface area contributed by atoms with E-state index in [0.29, 0.717) is 23.2 Å². The summed E-state index contributed by atoms with van der Waals surface area (Å²) in [6.07, 6.45) is 2.98. The third-order valence-corrected chi connectivity index (χ3v) is 12.9. The van der Waals surface area contributed by atoms with Crippen molar-refractivity contribution in [1.29, 1.82) is 0 Å². The molecule has 0 aliphatic carbocycles. The molecule has 0 aromatic rings. The second-order valence-electron chi connectivity index (χ2n) is 9.92. The van der Waals surface area contributed by atoms with E-state index in [0.717, 1.165) is 12.8 Å². The minimum Gasteiger partial charge on any atom is -0.466 e. The molecule has 1 heterocycles. The molecule has 1 saturated heterocycles. The van der Waals surface area contributed by atoms with Crippen molar-refractivity contribution in [2.45, 2.75) is 116 Å². The standard InChI is InChI=1S/C25H48O6Si/c1-11-20(9)24(31-32(17(3)4,18(5)6)19(7)8)25(29-16-27-10)22-14-13-21(30-22)15-23(26)28-12-2/h11,17-22,24-25H,1,12-16H2,2-10H3/t20-,21-,22+,24-,25-/m1/s1. The van der Waals surface area contributed by atoms with Crippen molar-refractivity contribution in [2.24, 2.45) is 5.92 Å². The lowest BCUT2D eigenvalue weighted by Crippen LogP contribution is -2.56. The number of esters is 1. The van der Waals surface area contributed by atoms with Crippen LogP contribution in [0.4, 0.5) is 0 Å². The highest BCUT2D eigenvalue weighted by Gasteiger charge is 2.50. The Morgan fingerprint density at radius 3 is 2.16 bits per heavy atom. The zero-order valence-electron chi connectivity index (χ0n) is 21.9. The van der Waals surface area contributed by atoms with Crippen LogP contribution in [0.3, 0.4) is 0 Å². The third kappa shape index (κ3) is 7.39. The summed E-state index contributed by atoms with van der Waals surface area (Å²) in [5.41, 5.74) is 1.35. The van der Waals surface area contributed by atoms with Crippen LogP contribution in [0, 0.1) is 5.92 Å². The summed E-state index contributed by atoms with van der Waals surface area (Å²) in [7, 11) is -0.552. The van der Waals surface area contributed by atoms with Crippen molar-refractivity contribution in [1.82, 2.24) is 0 Å². The Morgan fingerprint density at radius 1 is 1.09 bits per heavy atom. The summed E-state index contributed by atoms with van der Waals surface area (Å²) in [5.74, 6) is -0.140. The molecule has 0 bridgehead atoms. The summed E-state index contributed by atoms with van der Waals surface area (Å²) in [4.78, 5) is 12.0. The molecule has 0 N–H and O–H groups in total. The van der Waals surface area contributed by atoms with Crippen molar-refractivity contribution in [3.63, 3.8) is 0 Å². The van der Waals surface area contributed by atoms with Crippen molar-refractivity contribution < 1.29 is 28.2 Å². The molecule has 1 rings (SSSR count). The Morgan fingerprint density at radius 2 is 1.69 bits per heavy atom. The minimum absolute atomic E-state index is 0.0766. The maximum Gasteiger partial charge on any atom is 0.308 e. The van der Waals surface area contributed by atoms with E-state index in [1.54, 1.807) is 7.11 Å². The Kier molecular flexibility index (Phi) is 12.7. The van der Waals surface area contributed by atoms with Crippen LogP contribution in [-0.4, -0.2) is 59.2 Å². The Hall–Kier alpha value is -0.733. The molecular formula is C25H48O6Si. The van der Waals surface area contributed by atoms with Crippen LogP contribution in [0.25, 0.3) is 0 Å². The van der Waals surface area contributed by atoms with Gasteiger partial charge in [0, 0.05) is 13.0 Å². The van der Waals surface area contributed by atoms with Crippen molar-refractivity contribution >= 4 is 14.3 Å². The summed E-state index contributed by atoms with van der Waals surface area (Å²) in [6.45, 7) is 22.3. The molecule has 0 spiro atoms. The van der Waals surface area contributed by atoms with Crippen LogP contribution in [0.5, 0.6) is 0 Å². The van der Waals surface area contributed by atoms with Gasteiger partial charge in [-0.25, -0.2) is 0 Å². The van der Waals surface area contributed by atoms with Gasteiger partial charge in [-0.1, -0.05) is 54.5 Å². The predicted octanol–water partition coefficient (Wildman–Crippen LogP) is 5.86. The lowest BCUT2D eigenvalue weighted by Gasteiger charge is -2.47. The predicted molar refractivity (Wildman–Crippen MR) is 131 cm³/mol. The number of hydrogen-bond acceptors (Lipinski definition) is 6. The van der Waals surface area contributed by atoms with Crippen LogP contribution in [0.1, 0.15) is 74.7 Å². The van der Waals surface area contributed by atoms with Gasteiger partial charge in [-0.15, -0.1) is 6.58 Å². The van der Waals surface area contributed by atoms with E-state index in [4.69, 9.17) is 23.4 Å². The molecule has 7 heteroatoms. The largest absolute Gasteiger partial charge is 0.466 e. The quantitative estimate of drug-likeness (QED) is 0.129. The molecule has 32 heavy (non-hydrogen) atoms. The van der Waals surface area contributed by atoms with E-state index in [1.165, 1.54) is 0 Å². The number of methoxy groups -OCH3 is 1. The summed E-state index contributed by atoms with van der Waals surface area (Å²) in [5, 5.41) is 0. The lowest BCUT2D eigenvalue weighted by molar-refractivity contribution is -0.167. The van der Waals surface area contributed by atoms with E-state index in [2.05, 4.69) is 55.0 Å². The molecule has 0 unspecified atom stereocenters. The monoisotopic (exact) mass is 472 g/mol. The second-order valence-corrected chi connectivity index (χ2v) is 15.3. The minimum atomic E-state index is -2.17. The highest BCUT2D eigenvalue weighted by molar-refractivity contribution is 6.77. The molecule has 1 fully saturated rings. The highest BCUT2D eigenvalue weighted by atomic mass is 28.4. The first-order chi connectivity index (χ1) is 15.0. The summed E-state index contributed by atoms with van der Waals surface area (Å²) in [6, 6.07) is 0. The maximum absolute atomic E-state index is 12.0. The maximum atomic E-state index is 12.0. The van der Waals surface area contributed by atoms with Gasteiger partial charge in [-0.3, -0.25) is 4.79 Å². The van der Waals surface area contributed by atoms with Gasteiger partial charge in [0.15, 0.2) is 0 Å². The average molecular weight is 473 g/mol. The van der Waals surface area contributed by atoms with Crippen molar-refractivity contribution in [3.05, 3.63) is 12.7 Å². The third-order valence-electron chi connectivity index (χ3n) is 6.85. The molecule has 0 aromatic carbocycles. The van der Waals surface area contributed by atoms with Gasteiger partial charge in [0.2, 0.25) is 8.32 Å². The van der Waals surface area contributed by atoms with Crippen LogP contribution >= 0.6 is 0 Å². The van der Waals surface area contributed by atoms with Gasteiger partial charge < -0.3 is 23.4 Å². The van der Waals surface area contributed by atoms with Crippen LogP contribution < -0.4 is 0 Å². The van der Waals surface area contributed by atoms with E-state index in [-0.39, 0.29) is 49.5 Å². The van der Waals surface area contributed by atoms with Gasteiger partial charge in [0.25, 0.3) is 0 Å². The molecule has 0 amide bonds. The van der Waals surface area contributed by atoms with Gasteiger partial charge in [-0.2, -0.15) is 0 Å². The molecule has 0 aromatic heterocycles. The second kappa shape index (κ2) is 13.8. The molecular weight excluding hydrogens is 424 g/mol. The number of ether oxygens (including phenoxy) is 4. The molecule has 188 valence electrons. The van der Waals surface area contributed by atoms with Crippen LogP contribution in [-0.2, 0) is 28.2 Å². The number of hydrogen-bond donors (Lipinski definition) is 0. The SMILES string of the molecule is C=C[C@@H](C)[C@@H](O[Si](C(C)C)(C(C)C)C(C)C)[C@H](OCOC)[C@@H]1CC[C@H](CC(=O)OCC)O1. The van der Waals surface area contributed by atoms with Gasteiger partial charge >= 0.3 is 5.97 Å². The average Bonchev–Trinajstić information content (AvgIpc) is 3.17. The first kappa shape index (κ1) is 29.3. The Balaban J connectivity index is 3.22. The van der Waals surface area contributed by atoms with E-state index in [1.807, 2.05) is 13.0 Å². The fraction of sp³-hybridized carbons (Fsp3) is 0.880. The zero-order valence-corrected chi connectivity index (χ0v) is 22.9. The molecule has 6 nitrogen and oxygen atoms in total. The zero-order chi connectivity index (χ0) is 24.5. The smallest absolute Gasteiger partial charge is 0.308 e. The van der Waals surface area contributed by atoms with Crippen LogP contribution in [0.15, 0.2) is 12.7 Å². The number of rotatable bonds is 15. The van der Waals surface area contributed by atoms with E-state index >= 15 is 0 Å². The molecule has 1 aliphatic rings. The summed E-state index contributed by atoms with van der Waals surface area (Å²) >= 11 is 0. The Bertz CT molecular complexity index is 543. The fourth-order valence-electron chi connectivity index (χ4n) is 5.34. The van der Waals surface area contributed by atoms with Gasteiger partial charge in [-0.05, 0) is 36.4 Å². The lowest BCUT2D eigenvalue weighted by atomic mass is 9.95. The fourth-order valence-corrected chi connectivity index (χ4v) is 11.0. The summed E-state index contributed by atoms with van der Waals surface area (Å²) < 4.78 is 30.2. The number of carbonyl (C=O) groups excluding carboxylic acids is 1. The van der Waals surface area contributed by atoms with Crippen LogP contribution in [0.2, 0.25) is 16.6 Å². The highest BCUT2D eigenvalue weighted by Crippen LogP contribution is 2.45. The molecule has 1 aliphatic heterocycles. The molecule has 0 saturated carbocycles. The van der Waals surface area contributed by atoms with Crippen molar-refractivity contribution in [3.8, 4) is 0 Å². The molecule has 5 atom stereocenters. The van der Waals surface area contributed by atoms with E-state index in [9.17, 15) is 4.79 Å².